The Labute approximate surface area is 109 Å². The van der Waals surface area contributed by atoms with E-state index in [9.17, 15) is 26.3 Å². The Kier molecular flexibility index (Phi) is 4.66. The van der Waals surface area contributed by atoms with Gasteiger partial charge in [-0.15, -0.1) is 0 Å². The molecule has 1 aromatic rings. The van der Waals surface area contributed by atoms with Gasteiger partial charge in [-0.3, -0.25) is 0 Å². The molecule has 0 atom stereocenters. The summed E-state index contributed by atoms with van der Waals surface area (Å²) in [4.78, 5) is 6.29. The summed E-state index contributed by atoms with van der Waals surface area (Å²) in [7, 11) is 0. The number of hydrogen-bond acceptors (Lipinski definition) is 4. The number of hydrogen-bond donors (Lipinski definition) is 0. The summed E-state index contributed by atoms with van der Waals surface area (Å²) in [5, 5.41) is 0. The summed E-state index contributed by atoms with van der Waals surface area (Å²) in [6.07, 6.45) is -9.77. The molecule has 0 unspecified atom stereocenters. The van der Waals surface area contributed by atoms with E-state index in [1.165, 1.54) is 13.8 Å². The van der Waals surface area contributed by atoms with Crippen LogP contribution in [0.4, 0.5) is 26.3 Å². The molecule has 0 aromatic carbocycles. The largest absolute Gasteiger partial charge is 0.474 e. The number of nitrogens with zero attached hydrogens (tertiary/aromatic N) is 2. The highest BCUT2D eigenvalue weighted by Crippen LogP contribution is 2.35. The first-order valence-electron chi connectivity index (χ1n) is 5.29. The Bertz CT molecular complexity index is 458. The third-order valence-corrected chi connectivity index (χ3v) is 1.75. The maximum atomic E-state index is 12.6. The highest BCUT2D eigenvalue weighted by molar-refractivity contribution is 5.28. The van der Waals surface area contributed by atoms with E-state index in [4.69, 9.17) is 4.74 Å². The van der Waals surface area contributed by atoms with Crippen molar-refractivity contribution in [3.63, 3.8) is 0 Å². The molecule has 0 fully saturated rings. The maximum Gasteiger partial charge on any atom is 0.423 e. The van der Waals surface area contributed by atoms with Crippen LogP contribution in [-0.4, -0.2) is 28.9 Å². The molecular formula is C10H10F6N2O2. The van der Waals surface area contributed by atoms with E-state index in [1.54, 1.807) is 0 Å². The molecule has 0 aliphatic heterocycles. The number of rotatable bonds is 4. The number of alkyl halides is 6. The minimum atomic E-state index is -4.78. The standard InChI is InChI=1S/C10H10F6N2O2/c1-5(2)20-7-6(10(14,15)16)3-17-8(18-7)19-4-9(11,12)13/h3,5H,4H2,1-2H3. The van der Waals surface area contributed by atoms with Gasteiger partial charge in [0, 0.05) is 0 Å². The van der Waals surface area contributed by atoms with E-state index in [1.807, 2.05) is 0 Å². The van der Waals surface area contributed by atoms with Crippen molar-refractivity contribution in [3.05, 3.63) is 11.8 Å². The summed E-state index contributed by atoms with van der Waals surface area (Å²) < 4.78 is 82.6. The SMILES string of the molecule is CC(C)Oc1nc(OCC(F)(F)F)ncc1C(F)(F)F. The van der Waals surface area contributed by atoms with Gasteiger partial charge in [-0.1, -0.05) is 0 Å². The summed E-state index contributed by atoms with van der Waals surface area (Å²) >= 11 is 0. The van der Waals surface area contributed by atoms with Crippen LogP contribution in [0, 0.1) is 0 Å². The first kappa shape index (κ1) is 16.3. The first-order valence-corrected chi connectivity index (χ1v) is 5.29. The Morgan fingerprint density at radius 3 is 2.20 bits per heavy atom. The Morgan fingerprint density at radius 1 is 1.15 bits per heavy atom. The molecule has 4 nitrogen and oxygen atoms in total. The van der Waals surface area contributed by atoms with Gasteiger partial charge in [0.05, 0.1) is 12.3 Å². The average Bonchev–Trinajstić information content (AvgIpc) is 2.23. The molecule has 0 saturated carbocycles. The lowest BCUT2D eigenvalue weighted by Gasteiger charge is -2.15. The second-order valence-corrected chi connectivity index (χ2v) is 3.94. The van der Waals surface area contributed by atoms with Crippen LogP contribution in [-0.2, 0) is 6.18 Å². The normalized spacial score (nSPS) is 12.7. The van der Waals surface area contributed by atoms with Crippen LogP contribution in [0.3, 0.4) is 0 Å². The molecule has 0 radical (unpaired) electrons. The van der Waals surface area contributed by atoms with Gasteiger partial charge in [-0.25, -0.2) is 4.98 Å². The highest BCUT2D eigenvalue weighted by Gasteiger charge is 2.37. The summed E-state index contributed by atoms with van der Waals surface area (Å²) in [5.74, 6) is -0.875. The molecule has 1 heterocycles. The van der Waals surface area contributed by atoms with Crippen LogP contribution in [0.15, 0.2) is 6.20 Å². The van der Waals surface area contributed by atoms with Gasteiger partial charge in [0.1, 0.15) is 5.56 Å². The van der Waals surface area contributed by atoms with Gasteiger partial charge in [0.15, 0.2) is 6.61 Å². The van der Waals surface area contributed by atoms with Crippen LogP contribution in [0.25, 0.3) is 0 Å². The van der Waals surface area contributed by atoms with E-state index in [2.05, 4.69) is 14.7 Å². The Morgan fingerprint density at radius 2 is 1.75 bits per heavy atom. The predicted octanol–water partition coefficient (Wildman–Crippen LogP) is 3.22. The lowest BCUT2D eigenvalue weighted by Crippen LogP contribution is -2.21. The average molecular weight is 304 g/mol. The molecule has 0 amide bonds. The second-order valence-electron chi connectivity index (χ2n) is 3.94. The van der Waals surface area contributed by atoms with E-state index >= 15 is 0 Å². The van der Waals surface area contributed by atoms with Crippen molar-refractivity contribution in [2.24, 2.45) is 0 Å². The van der Waals surface area contributed by atoms with Gasteiger partial charge in [-0.05, 0) is 13.8 Å². The third-order valence-electron chi connectivity index (χ3n) is 1.75. The van der Waals surface area contributed by atoms with E-state index in [0.29, 0.717) is 6.20 Å². The zero-order valence-corrected chi connectivity index (χ0v) is 10.3. The lowest BCUT2D eigenvalue weighted by molar-refractivity contribution is -0.155. The minimum absolute atomic E-state index is 0.316. The van der Waals surface area contributed by atoms with E-state index < -0.39 is 42.5 Å². The quantitative estimate of drug-likeness (QED) is 0.801. The highest BCUT2D eigenvalue weighted by atomic mass is 19.4. The van der Waals surface area contributed by atoms with Crippen molar-refractivity contribution in [1.82, 2.24) is 9.97 Å². The van der Waals surface area contributed by atoms with E-state index in [0.717, 1.165) is 0 Å². The zero-order chi connectivity index (χ0) is 15.6. The summed E-state index contributed by atoms with van der Waals surface area (Å²) in [6, 6.07) is -0.842. The van der Waals surface area contributed by atoms with Crippen LogP contribution >= 0.6 is 0 Å². The summed E-state index contributed by atoms with van der Waals surface area (Å²) in [5.41, 5.74) is -1.29. The summed E-state index contributed by atoms with van der Waals surface area (Å²) in [6.45, 7) is 1.18. The van der Waals surface area contributed by atoms with E-state index in [-0.39, 0.29) is 0 Å². The predicted molar refractivity (Wildman–Crippen MR) is 54.3 cm³/mol. The van der Waals surface area contributed by atoms with Crippen molar-refractivity contribution in [1.29, 1.82) is 0 Å². The third kappa shape index (κ3) is 5.10. The van der Waals surface area contributed by atoms with Crippen molar-refractivity contribution < 1.29 is 35.8 Å². The van der Waals surface area contributed by atoms with Crippen LogP contribution < -0.4 is 9.47 Å². The van der Waals surface area contributed by atoms with Gasteiger partial charge in [0.25, 0.3) is 0 Å². The molecule has 0 aliphatic carbocycles. The lowest BCUT2D eigenvalue weighted by atomic mass is 10.3. The molecule has 20 heavy (non-hydrogen) atoms. The maximum absolute atomic E-state index is 12.6. The molecule has 0 bridgehead atoms. The molecule has 114 valence electrons. The van der Waals surface area contributed by atoms with Gasteiger partial charge >= 0.3 is 18.4 Å². The van der Waals surface area contributed by atoms with Crippen molar-refractivity contribution in [3.8, 4) is 11.9 Å². The molecule has 0 N–H and O–H groups in total. The number of ether oxygens (including phenoxy) is 2. The van der Waals surface area contributed by atoms with Gasteiger partial charge in [-0.2, -0.15) is 31.3 Å². The van der Waals surface area contributed by atoms with Gasteiger partial charge in [0.2, 0.25) is 5.88 Å². The first-order chi connectivity index (χ1) is 8.99. The van der Waals surface area contributed by atoms with Crippen molar-refractivity contribution >= 4 is 0 Å². The molecular weight excluding hydrogens is 294 g/mol. The smallest absolute Gasteiger partial charge is 0.423 e. The Hall–Kier alpha value is -1.74. The molecule has 0 saturated heterocycles. The van der Waals surface area contributed by atoms with Crippen molar-refractivity contribution in [2.75, 3.05) is 6.61 Å². The van der Waals surface area contributed by atoms with Crippen molar-refractivity contribution in [2.45, 2.75) is 32.3 Å². The second kappa shape index (κ2) is 5.71. The molecule has 0 aliphatic rings. The van der Waals surface area contributed by atoms with Crippen LogP contribution in [0.5, 0.6) is 11.9 Å². The number of aromatic nitrogens is 2. The topological polar surface area (TPSA) is 44.2 Å². The van der Waals surface area contributed by atoms with Crippen LogP contribution in [0.1, 0.15) is 19.4 Å². The fourth-order valence-corrected chi connectivity index (χ4v) is 1.07. The monoisotopic (exact) mass is 304 g/mol. The van der Waals surface area contributed by atoms with Crippen LogP contribution in [0.2, 0.25) is 0 Å². The fraction of sp³-hybridized carbons (Fsp3) is 0.600. The molecule has 0 spiro atoms. The number of halogens is 6. The fourth-order valence-electron chi connectivity index (χ4n) is 1.07. The van der Waals surface area contributed by atoms with Gasteiger partial charge < -0.3 is 9.47 Å². The molecule has 1 rings (SSSR count). The Balaban J connectivity index is 3.02. The molecule has 10 heteroatoms. The minimum Gasteiger partial charge on any atom is -0.474 e. The molecule has 1 aromatic heterocycles. The zero-order valence-electron chi connectivity index (χ0n) is 10.3.